The topological polar surface area (TPSA) is 44.8 Å². The van der Waals surface area contributed by atoms with Gasteiger partial charge in [0.15, 0.2) is 0 Å². The number of nitrogens with zero attached hydrogens (tertiary/aromatic N) is 3. The fourth-order valence-corrected chi connectivity index (χ4v) is 3.40. The lowest BCUT2D eigenvalue weighted by molar-refractivity contribution is 0.198. The lowest BCUT2D eigenvalue weighted by Crippen LogP contribution is -2.34. The van der Waals surface area contributed by atoms with E-state index in [0.29, 0.717) is 5.92 Å². The number of aromatic nitrogens is 3. The van der Waals surface area contributed by atoms with Crippen molar-refractivity contribution in [2.75, 3.05) is 13.1 Å². The third-order valence-electron chi connectivity index (χ3n) is 4.49. The standard InChI is InChI=1S/C18H20N4/c1-4-14(11-19-7-1)12-22-9-3-6-16(13-22)17-10-15-5-2-8-20-18(15)21-17/h1-2,4-5,7-8,10-11,16H,3,6,9,12-13H2,(H,20,21)/t16-/m1/s1. The number of piperidine rings is 1. The smallest absolute Gasteiger partial charge is 0.137 e. The van der Waals surface area contributed by atoms with Crippen molar-refractivity contribution in [3.63, 3.8) is 0 Å². The highest BCUT2D eigenvalue weighted by atomic mass is 15.1. The van der Waals surface area contributed by atoms with Crippen LogP contribution in [0.5, 0.6) is 0 Å². The third-order valence-corrected chi connectivity index (χ3v) is 4.49. The van der Waals surface area contributed by atoms with Crippen molar-refractivity contribution in [3.8, 4) is 0 Å². The maximum Gasteiger partial charge on any atom is 0.137 e. The first-order valence-electron chi connectivity index (χ1n) is 7.93. The van der Waals surface area contributed by atoms with Crippen LogP contribution in [0.4, 0.5) is 0 Å². The molecule has 4 heterocycles. The van der Waals surface area contributed by atoms with Crippen molar-refractivity contribution in [2.45, 2.75) is 25.3 Å². The number of hydrogen-bond acceptors (Lipinski definition) is 3. The Labute approximate surface area is 130 Å². The monoisotopic (exact) mass is 292 g/mol. The Balaban J connectivity index is 1.50. The molecule has 0 radical (unpaired) electrons. The Hall–Kier alpha value is -2.20. The van der Waals surface area contributed by atoms with Crippen LogP contribution in [0, 0.1) is 0 Å². The Morgan fingerprint density at radius 1 is 1.23 bits per heavy atom. The summed E-state index contributed by atoms with van der Waals surface area (Å²) in [4.78, 5) is 14.7. The zero-order chi connectivity index (χ0) is 14.8. The Bertz CT molecular complexity index is 717. The summed E-state index contributed by atoms with van der Waals surface area (Å²) in [5.41, 5.74) is 3.62. The molecule has 1 saturated heterocycles. The third kappa shape index (κ3) is 2.74. The molecule has 0 amide bonds. The van der Waals surface area contributed by atoms with Gasteiger partial charge in [0, 0.05) is 48.7 Å². The van der Waals surface area contributed by atoms with Crippen molar-refractivity contribution in [3.05, 3.63) is 60.2 Å². The van der Waals surface area contributed by atoms with Crippen LogP contribution in [0.25, 0.3) is 11.0 Å². The molecule has 1 aliphatic heterocycles. The van der Waals surface area contributed by atoms with Gasteiger partial charge in [0.1, 0.15) is 5.65 Å². The molecule has 0 aromatic carbocycles. The molecule has 4 nitrogen and oxygen atoms in total. The fourth-order valence-electron chi connectivity index (χ4n) is 3.40. The van der Waals surface area contributed by atoms with Crippen molar-refractivity contribution >= 4 is 11.0 Å². The van der Waals surface area contributed by atoms with Crippen LogP contribution in [-0.4, -0.2) is 32.9 Å². The largest absolute Gasteiger partial charge is 0.343 e. The van der Waals surface area contributed by atoms with E-state index in [1.165, 1.54) is 36.0 Å². The molecule has 1 N–H and O–H groups in total. The molecule has 4 rings (SSSR count). The molecule has 0 bridgehead atoms. The van der Waals surface area contributed by atoms with E-state index in [-0.39, 0.29) is 0 Å². The van der Waals surface area contributed by atoms with Gasteiger partial charge < -0.3 is 4.98 Å². The summed E-state index contributed by atoms with van der Waals surface area (Å²) >= 11 is 0. The van der Waals surface area contributed by atoms with Crippen LogP contribution in [0.1, 0.15) is 30.0 Å². The van der Waals surface area contributed by atoms with E-state index in [2.05, 4.69) is 38.1 Å². The Kier molecular flexibility index (Phi) is 3.60. The zero-order valence-corrected chi connectivity index (χ0v) is 12.6. The number of rotatable bonds is 3. The molecule has 0 aliphatic carbocycles. The SMILES string of the molecule is c1cncc(CN2CCC[C@@H](c3cc4cccnc4[nH]3)C2)c1. The molecule has 0 saturated carbocycles. The summed E-state index contributed by atoms with van der Waals surface area (Å²) in [6, 6.07) is 10.6. The number of likely N-dealkylation sites (tertiary alicyclic amines) is 1. The number of pyridine rings is 2. The normalized spacial score (nSPS) is 19.5. The van der Waals surface area contributed by atoms with Gasteiger partial charge in [-0.05, 0) is 49.2 Å². The van der Waals surface area contributed by atoms with Crippen LogP contribution < -0.4 is 0 Å². The van der Waals surface area contributed by atoms with Crippen LogP contribution >= 0.6 is 0 Å². The minimum absolute atomic E-state index is 0.569. The number of nitrogens with one attached hydrogen (secondary N) is 1. The van der Waals surface area contributed by atoms with E-state index in [9.17, 15) is 0 Å². The van der Waals surface area contributed by atoms with Gasteiger partial charge in [-0.2, -0.15) is 0 Å². The summed E-state index contributed by atoms with van der Waals surface area (Å²) in [7, 11) is 0. The molecule has 1 fully saturated rings. The van der Waals surface area contributed by atoms with Crippen LogP contribution in [0.15, 0.2) is 48.9 Å². The first-order valence-corrected chi connectivity index (χ1v) is 7.93. The van der Waals surface area contributed by atoms with Gasteiger partial charge in [-0.1, -0.05) is 6.07 Å². The zero-order valence-electron chi connectivity index (χ0n) is 12.6. The van der Waals surface area contributed by atoms with Crippen LogP contribution in [0.2, 0.25) is 0 Å². The fraction of sp³-hybridized carbons (Fsp3) is 0.333. The molecule has 3 aromatic heterocycles. The van der Waals surface area contributed by atoms with Crippen LogP contribution in [-0.2, 0) is 6.54 Å². The summed E-state index contributed by atoms with van der Waals surface area (Å²) in [6.07, 6.45) is 8.14. The molecular formula is C18H20N4. The first-order chi connectivity index (χ1) is 10.9. The molecule has 112 valence electrons. The molecular weight excluding hydrogens is 272 g/mol. The molecule has 1 aliphatic rings. The average Bonchev–Trinajstić information content (AvgIpc) is 3.00. The lowest BCUT2D eigenvalue weighted by atomic mass is 9.94. The van der Waals surface area contributed by atoms with E-state index in [1.54, 1.807) is 0 Å². The Morgan fingerprint density at radius 2 is 2.18 bits per heavy atom. The predicted octanol–water partition coefficient (Wildman–Crippen LogP) is 3.34. The minimum Gasteiger partial charge on any atom is -0.343 e. The van der Waals surface area contributed by atoms with E-state index >= 15 is 0 Å². The van der Waals surface area contributed by atoms with E-state index in [0.717, 1.165) is 18.7 Å². The lowest BCUT2D eigenvalue weighted by Gasteiger charge is -2.32. The van der Waals surface area contributed by atoms with Gasteiger partial charge in [-0.25, -0.2) is 4.98 Å². The van der Waals surface area contributed by atoms with Crippen LogP contribution in [0.3, 0.4) is 0 Å². The second-order valence-electron chi connectivity index (χ2n) is 6.10. The molecule has 0 unspecified atom stereocenters. The number of hydrogen-bond donors (Lipinski definition) is 1. The maximum absolute atomic E-state index is 4.41. The Morgan fingerprint density at radius 3 is 3.05 bits per heavy atom. The van der Waals surface area contributed by atoms with Gasteiger partial charge in [0.2, 0.25) is 0 Å². The highest BCUT2D eigenvalue weighted by Gasteiger charge is 2.22. The average molecular weight is 292 g/mol. The van der Waals surface area contributed by atoms with E-state index in [1.807, 2.05) is 30.7 Å². The van der Waals surface area contributed by atoms with E-state index < -0.39 is 0 Å². The van der Waals surface area contributed by atoms with Crippen molar-refractivity contribution in [1.29, 1.82) is 0 Å². The van der Waals surface area contributed by atoms with Crippen molar-refractivity contribution in [1.82, 2.24) is 19.9 Å². The number of aromatic amines is 1. The quantitative estimate of drug-likeness (QED) is 0.805. The first kappa shape index (κ1) is 13.5. The second kappa shape index (κ2) is 5.89. The van der Waals surface area contributed by atoms with Crippen molar-refractivity contribution < 1.29 is 0 Å². The molecule has 3 aromatic rings. The molecule has 4 heteroatoms. The molecule has 0 spiro atoms. The van der Waals surface area contributed by atoms with Gasteiger partial charge in [0.05, 0.1) is 0 Å². The summed E-state index contributed by atoms with van der Waals surface area (Å²) in [6.45, 7) is 3.26. The van der Waals surface area contributed by atoms with Gasteiger partial charge >= 0.3 is 0 Å². The highest BCUT2D eigenvalue weighted by Crippen LogP contribution is 2.29. The summed E-state index contributed by atoms with van der Waals surface area (Å²) in [5.74, 6) is 0.569. The minimum atomic E-state index is 0.569. The maximum atomic E-state index is 4.41. The van der Waals surface area contributed by atoms with E-state index in [4.69, 9.17) is 0 Å². The van der Waals surface area contributed by atoms with Gasteiger partial charge in [-0.3, -0.25) is 9.88 Å². The second-order valence-corrected chi connectivity index (χ2v) is 6.10. The van der Waals surface area contributed by atoms with Crippen molar-refractivity contribution in [2.24, 2.45) is 0 Å². The number of H-pyrrole nitrogens is 1. The molecule has 1 atom stereocenters. The van der Waals surface area contributed by atoms with Gasteiger partial charge in [-0.15, -0.1) is 0 Å². The summed E-state index contributed by atoms with van der Waals surface area (Å²) < 4.78 is 0. The predicted molar refractivity (Wildman–Crippen MR) is 87.6 cm³/mol. The number of fused-ring (bicyclic) bond motifs is 1. The molecule has 22 heavy (non-hydrogen) atoms. The summed E-state index contributed by atoms with van der Waals surface area (Å²) in [5, 5.41) is 1.21. The highest BCUT2D eigenvalue weighted by molar-refractivity contribution is 5.76. The van der Waals surface area contributed by atoms with Gasteiger partial charge in [0.25, 0.3) is 0 Å².